The van der Waals surface area contributed by atoms with Gasteiger partial charge in [-0.25, -0.2) is 0 Å². The molecular formula is C13H18N2O3. The highest BCUT2D eigenvalue weighted by Gasteiger charge is 2.17. The van der Waals surface area contributed by atoms with Crippen LogP contribution < -0.4 is 20.5 Å². The molecule has 98 valence electrons. The third kappa shape index (κ3) is 2.92. The van der Waals surface area contributed by atoms with Crippen molar-refractivity contribution in [1.29, 1.82) is 0 Å². The number of amides is 1. The molecule has 1 aromatic carbocycles. The average molecular weight is 250 g/mol. The van der Waals surface area contributed by atoms with Crippen LogP contribution in [0.1, 0.15) is 20.3 Å². The fourth-order valence-corrected chi connectivity index (χ4v) is 1.82. The van der Waals surface area contributed by atoms with Gasteiger partial charge < -0.3 is 20.5 Å². The summed E-state index contributed by atoms with van der Waals surface area (Å²) in [4.78, 5) is 11.8. The fourth-order valence-electron chi connectivity index (χ4n) is 1.82. The summed E-state index contributed by atoms with van der Waals surface area (Å²) in [6.45, 7) is 4.29. The maximum absolute atomic E-state index is 11.8. The summed E-state index contributed by atoms with van der Waals surface area (Å²) in [6, 6.07) is 4.79. The second-order valence-corrected chi connectivity index (χ2v) is 4.79. The van der Waals surface area contributed by atoms with Crippen LogP contribution in [-0.4, -0.2) is 18.7 Å². The van der Waals surface area contributed by atoms with Gasteiger partial charge >= 0.3 is 0 Å². The zero-order chi connectivity index (χ0) is 13.1. The Morgan fingerprint density at radius 3 is 2.83 bits per heavy atom. The van der Waals surface area contributed by atoms with E-state index in [0.717, 1.165) is 0 Å². The first-order valence-corrected chi connectivity index (χ1v) is 6.02. The number of carbonyl (C=O) groups is 1. The normalized spacial score (nSPS) is 14.7. The third-order valence-electron chi connectivity index (χ3n) is 2.70. The minimum Gasteiger partial charge on any atom is -0.454 e. The van der Waals surface area contributed by atoms with E-state index >= 15 is 0 Å². The van der Waals surface area contributed by atoms with E-state index in [4.69, 9.17) is 15.2 Å². The first-order chi connectivity index (χ1) is 8.56. The molecule has 1 heterocycles. The molecule has 1 atom stereocenters. The van der Waals surface area contributed by atoms with Crippen molar-refractivity contribution in [2.75, 3.05) is 12.1 Å². The van der Waals surface area contributed by atoms with Crippen molar-refractivity contribution in [1.82, 2.24) is 0 Å². The quantitative estimate of drug-likeness (QED) is 0.853. The molecule has 0 saturated carbocycles. The minimum atomic E-state index is -0.490. The van der Waals surface area contributed by atoms with Gasteiger partial charge in [0.15, 0.2) is 11.5 Å². The van der Waals surface area contributed by atoms with Crippen LogP contribution in [0.3, 0.4) is 0 Å². The number of carbonyl (C=O) groups excluding carboxylic acids is 1. The Bertz CT molecular complexity index is 446. The second-order valence-electron chi connectivity index (χ2n) is 4.79. The first-order valence-electron chi connectivity index (χ1n) is 6.02. The molecule has 0 saturated heterocycles. The van der Waals surface area contributed by atoms with Gasteiger partial charge in [-0.3, -0.25) is 4.79 Å². The first kappa shape index (κ1) is 12.7. The van der Waals surface area contributed by atoms with Crippen LogP contribution >= 0.6 is 0 Å². The molecule has 0 spiro atoms. The van der Waals surface area contributed by atoms with Crippen LogP contribution in [0.2, 0.25) is 0 Å². The van der Waals surface area contributed by atoms with Gasteiger partial charge in [-0.2, -0.15) is 0 Å². The maximum atomic E-state index is 11.8. The van der Waals surface area contributed by atoms with Crippen molar-refractivity contribution in [2.24, 2.45) is 11.7 Å². The highest BCUT2D eigenvalue weighted by molar-refractivity contribution is 5.94. The van der Waals surface area contributed by atoms with Crippen molar-refractivity contribution in [2.45, 2.75) is 26.3 Å². The Kier molecular flexibility index (Phi) is 3.72. The molecule has 0 radical (unpaired) electrons. The Hall–Kier alpha value is -1.75. The molecule has 5 heteroatoms. The lowest BCUT2D eigenvalue weighted by Gasteiger charge is -2.14. The Morgan fingerprint density at radius 2 is 2.11 bits per heavy atom. The number of nitrogens with two attached hydrogens (primary N) is 1. The number of benzene rings is 1. The molecule has 0 aromatic heterocycles. The topological polar surface area (TPSA) is 73.6 Å². The van der Waals surface area contributed by atoms with E-state index in [1.165, 1.54) is 0 Å². The van der Waals surface area contributed by atoms with Crippen LogP contribution in [0.25, 0.3) is 0 Å². The van der Waals surface area contributed by atoms with Gasteiger partial charge in [-0.05, 0) is 24.5 Å². The minimum absolute atomic E-state index is 0.178. The average Bonchev–Trinajstić information content (AvgIpc) is 2.75. The molecule has 1 aliphatic heterocycles. The molecule has 1 amide bonds. The number of hydrogen-bond acceptors (Lipinski definition) is 4. The number of anilines is 1. The molecular weight excluding hydrogens is 232 g/mol. The fraction of sp³-hybridized carbons (Fsp3) is 0.462. The molecule has 1 aromatic rings. The van der Waals surface area contributed by atoms with Crippen molar-refractivity contribution < 1.29 is 14.3 Å². The van der Waals surface area contributed by atoms with E-state index in [-0.39, 0.29) is 12.7 Å². The summed E-state index contributed by atoms with van der Waals surface area (Å²) in [5, 5.41) is 2.78. The number of rotatable bonds is 4. The van der Waals surface area contributed by atoms with Crippen molar-refractivity contribution in [3.63, 3.8) is 0 Å². The zero-order valence-corrected chi connectivity index (χ0v) is 10.6. The van der Waals surface area contributed by atoms with E-state index < -0.39 is 6.04 Å². The summed E-state index contributed by atoms with van der Waals surface area (Å²) in [7, 11) is 0. The summed E-state index contributed by atoms with van der Waals surface area (Å²) in [5.74, 6) is 1.55. The smallest absolute Gasteiger partial charge is 0.241 e. The Balaban J connectivity index is 1.99. The summed E-state index contributed by atoms with van der Waals surface area (Å²) in [6.07, 6.45) is 0.663. The Morgan fingerprint density at radius 1 is 1.39 bits per heavy atom. The van der Waals surface area contributed by atoms with E-state index in [1.807, 2.05) is 13.8 Å². The van der Waals surface area contributed by atoms with E-state index in [9.17, 15) is 4.79 Å². The molecule has 5 nitrogen and oxygen atoms in total. The third-order valence-corrected chi connectivity index (χ3v) is 2.70. The highest BCUT2D eigenvalue weighted by atomic mass is 16.7. The van der Waals surface area contributed by atoms with Gasteiger partial charge in [-0.1, -0.05) is 13.8 Å². The van der Waals surface area contributed by atoms with Crippen LogP contribution in [0.15, 0.2) is 18.2 Å². The molecule has 3 N–H and O–H groups in total. The monoisotopic (exact) mass is 250 g/mol. The summed E-state index contributed by atoms with van der Waals surface area (Å²) < 4.78 is 10.4. The van der Waals surface area contributed by atoms with Crippen molar-refractivity contribution in [3.05, 3.63) is 18.2 Å². The molecule has 0 unspecified atom stereocenters. The van der Waals surface area contributed by atoms with Crippen LogP contribution in [0.4, 0.5) is 5.69 Å². The standard InChI is InChI=1S/C13H18N2O3/c1-8(2)5-10(14)13(16)15-9-3-4-11-12(6-9)18-7-17-11/h3-4,6,8,10H,5,7,14H2,1-2H3,(H,15,16)/t10-/m0/s1. The molecule has 2 rings (SSSR count). The van der Waals surface area contributed by atoms with Gasteiger partial charge in [-0.15, -0.1) is 0 Å². The van der Waals surface area contributed by atoms with Crippen LogP contribution in [0, 0.1) is 5.92 Å². The zero-order valence-electron chi connectivity index (χ0n) is 10.6. The maximum Gasteiger partial charge on any atom is 0.241 e. The summed E-state index contributed by atoms with van der Waals surface area (Å²) in [5.41, 5.74) is 6.48. The molecule has 0 aliphatic carbocycles. The van der Waals surface area contributed by atoms with Crippen molar-refractivity contribution >= 4 is 11.6 Å². The lowest BCUT2D eigenvalue weighted by atomic mass is 10.0. The number of fused-ring (bicyclic) bond motifs is 1. The largest absolute Gasteiger partial charge is 0.454 e. The van der Waals surface area contributed by atoms with E-state index in [0.29, 0.717) is 29.5 Å². The molecule has 0 fully saturated rings. The summed E-state index contributed by atoms with van der Waals surface area (Å²) >= 11 is 0. The number of hydrogen-bond donors (Lipinski definition) is 2. The van der Waals surface area contributed by atoms with Gasteiger partial charge in [0, 0.05) is 11.8 Å². The van der Waals surface area contributed by atoms with Gasteiger partial charge in [0.05, 0.1) is 6.04 Å². The van der Waals surface area contributed by atoms with Crippen LogP contribution in [0.5, 0.6) is 11.5 Å². The van der Waals surface area contributed by atoms with Gasteiger partial charge in [0.2, 0.25) is 12.7 Å². The lowest BCUT2D eigenvalue weighted by Crippen LogP contribution is -2.36. The number of nitrogens with one attached hydrogen (secondary N) is 1. The molecule has 1 aliphatic rings. The SMILES string of the molecule is CC(C)C[C@H](N)C(=O)Nc1ccc2c(c1)OCO2. The predicted molar refractivity (Wildman–Crippen MR) is 68.6 cm³/mol. The van der Waals surface area contributed by atoms with Gasteiger partial charge in [0.1, 0.15) is 0 Å². The molecule has 0 bridgehead atoms. The second kappa shape index (κ2) is 5.27. The molecule has 18 heavy (non-hydrogen) atoms. The van der Waals surface area contributed by atoms with Crippen LogP contribution in [-0.2, 0) is 4.79 Å². The van der Waals surface area contributed by atoms with E-state index in [1.54, 1.807) is 18.2 Å². The Labute approximate surface area is 106 Å². The number of ether oxygens (including phenoxy) is 2. The lowest BCUT2D eigenvalue weighted by molar-refractivity contribution is -0.117. The van der Waals surface area contributed by atoms with Crippen molar-refractivity contribution in [3.8, 4) is 11.5 Å². The highest BCUT2D eigenvalue weighted by Crippen LogP contribution is 2.34. The van der Waals surface area contributed by atoms with Gasteiger partial charge in [0.25, 0.3) is 0 Å². The predicted octanol–water partition coefficient (Wildman–Crippen LogP) is 1.73. The van der Waals surface area contributed by atoms with E-state index in [2.05, 4.69) is 5.32 Å².